The first-order chi connectivity index (χ1) is 15.8. The summed E-state index contributed by atoms with van der Waals surface area (Å²) in [7, 11) is 0. The average Bonchev–Trinajstić information content (AvgIpc) is 3.34. The van der Waals surface area contributed by atoms with Gasteiger partial charge in [-0.25, -0.2) is 15.0 Å². The minimum absolute atomic E-state index is 0.278. The van der Waals surface area contributed by atoms with Crippen LogP contribution in [0.1, 0.15) is 82.1 Å². The van der Waals surface area contributed by atoms with Crippen LogP contribution in [0.15, 0.2) is 10.9 Å². The smallest absolute Gasteiger partial charge is 0.209 e. The van der Waals surface area contributed by atoms with Crippen LogP contribution in [-0.2, 0) is 6.54 Å². The molecule has 0 aromatic carbocycles. The third-order valence-electron chi connectivity index (χ3n) is 6.68. The Bertz CT molecular complexity index is 1160. The van der Waals surface area contributed by atoms with E-state index in [1.54, 1.807) is 6.33 Å². The summed E-state index contributed by atoms with van der Waals surface area (Å²) in [5, 5.41) is 18.6. The Morgan fingerprint density at radius 2 is 2.09 bits per heavy atom. The molecule has 0 spiro atoms. The van der Waals surface area contributed by atoms with Crippen LogP contribution in [0.3, 0.4) is 0 Å². The van der Waals surface area contributed by atoms with Crippen LogP contribution in [0, 0.1) is 31.6 Å². The van der Waals surface area contributed by atoms with Crippen molar-refractivity contribution in [1.82, 2.24) is 24.7 Å². The van der Waals surface area contributed by atoms with Gasteiger partial charge in [-0.1, -0.05) is 38.3 Å². The van der Waals surface area contributed by atoms with Gasteiger partial charge in [-0.15, -0.1) is 0 Å². The number of hydrogen-bond acceptors (Lipinski definition) is 7. The highest BCUT2D eigenvalue weighted by atomic mass is 16.5. The van der Waals surface area contributed by atoms with Gasteiger partial charge in [0.25, 0.3) is 0 Å². The number of aryl methyl sites for hydroxylation is 2. The summed E-state index contributed by atoms with van der Waals surface area (Å²) < 4.78 is 7.31. The van der Waals surface area contributed by atoms with Crippen molar-refractivity contribution in [1.29, 1.82) is 0 Å². The quantitative estimate of drug-likeness (QED) is 0.538. The minimum Gasteiger partial charge on any atom is -0.378 e. The fraction of sp³-hybridized carbons (Fsp3) is 0.600. The van der Waals surface area contributed by atoms with Gasteiger partial charge in [0, 0.05) is 11.6 Å². The van der Waals surface area contributed by atoms with Crippen molar-refractivity contribution in [3.05, 3.63) is 29.2 Å². The number of hydrogen-bond donors (Lipinski definition) is 2. The van der Waals surface area contributed by atoms with E-state index in [0.29, 0.717) is 48.1 Å². The van der Waals surface area contributed by atoms with Crippen molar-refractivity contribution in [3.63, 3.8) is 0 Å². The Morgan fingerprint density at radius 1 is 1.30 bits per heavy atom. The number of aliphatic hydroxyl groups is 1. The lowest BCUT2D eigenvalue weighted by molar-refractivity contribution is 0.0410. The van der Waals surface area contributed by atoms with Crippen molar-refractivity contribution >= 4 is 17.0 Å². The molecule has 1 aliphatic rings. The number of nitrogens with zero attached hydrogens (tertiary/aromatic N) is 5. The molecule has 4 rings (SSSR count). The van der Waals surface area contributed by atoms with Crippen molar-refractivity contribution in [3.8, 4) is 11.8 Å². The van der Waals surface area contributed by atoms with E-state index in [9.17, 15) is 5.11 Å². The molecule has 0 radical (unpaired) electrons. The van der Waals surface area contributed by atoms with Gasteiger partial charge in [-0.3, -0.25) is 0 Å². The fourth-order valence-electron chi connectivity index (χ4n) is 4.61. The Balaban J connectivity index is 1.76. The van der Waals surface area contributed by atoms with Crippen LogP contribution >= 0.6 is 0 Å². The van der Waals surface area contributed by atoms with E-state index in [1.165, 1.54) is 0 Å². The molecule has 8 heteroatoms. The molecule has 3 aromatic rings. The van der Waals surface area contributed by atoms with Crippen LogP contribution in [0.25, 0.3) is 11.2 Å². The van der Waals surface area contributed by atoms with E-state index in [-0.39, 0.29) is 6.04 Å². The first-order valence-corrected chi connectivity index (χ1v) is 12.0. The lowest BCUT2D eigenvalue weighted by atomic mass is 9.79. The highest BCUT2D eigenvalue weighted by molar-refractivity contribution is 5.83. The van der Waals surface area contributed by atoms with Crippen LogP contribution in [0.2, 0.25) is 0 Å². The summed E-state index contributed by atoms with van der Waals surface area (Å²) in [4.78, 5) is 14.1. The highest BCUT2D eigenvalue weighted by Gasteiger charge is 2.30. The summed E-state index contributed by atoms with van der Waals surface area (Å²) in [5.74, 6) is 8.49. The summed E-state index contributed by atoms with van der Waals surface area (Å²) in [6.45, 7) is 10.9. The number of anilines is 1. The highest BCUT2D eigenvalue weighted by Crippen LogP contribution is 2.31. The summed E-state index contributed by atoms with van der Waals surface area (Å²) in [6, 6.07) is 0.278. The molecule has 2 unspecified atom stereocenters. The van der Waals surface area contributed by atoms with E-state index in [1.807, 2.05) is 18.4 Å². The largest absolute Gasteiger partial charge is 0.378 e. The van der Waals surface area contributed by atoms with E-state index >= 15 is 0 Å². The van der Waals surface area contributed by atoms with Gasteiger partial charge < -0.3 is 19.5 Å². The van der Waals surface area contributed by atoms with E-state index in [2.05, 4.69) is 48.1 Å². The lowest BCUT2D eigenvalue weighted by Crippen LogP contribution is -2.32. The maximum atomic E-state index is 11.0. The lowest BCUT2D eigenvalue weighted by Gasteiger charge is -2.30. The number of imidazole rings is 1. The normalized spacial score (nSPS) is 20.8. The van der Waals surface area contributed by atoms with Gasteiger partial charge in [0.1, 0.15) is 11.4 Å². The van der Waals surface area contributed by atoms with Crippen molar-refractivity contribution in [2.75, 3.05) is 5.32 Å². The van der Waals surface area contributed by atoms with Gasteiger partial charge in [0.05, 0.1) is 18.6 Å². The molecular weight excluding hydrogens is 416 g/mol. The van der Waals surface area contributed by atoms with Crippen LogP contribution < -0.4 is 5.32 Å². The topological polar surface area (TPSA) is 102 Å². The molecule has 3 heterocycles. The van der Waals surface area contributed by atoms with Crippen LogP contribution in [-0.4, -0.2) is 41.4 Å². The molecule has 8 nitrogen and oxygen atoms in total. The van der Waals surface area contributed by atoms with Crippen LogP contribution in [0.4, 0.5) is 5.82 Å². The zero-order chi connectivity index (χ0) is 23.6. The molecule has 0 saturated heterocycles. The van der Waals surface area contributed by atoms with Crippen molar-refractivity contribution in [2.24, 2.45) is 5.92 Å². The number of nitrogens with one attached hydrogen (secondary N) is 1. The van der Waals surface area contributed by atoms with Crippen molar-refractivity contribution in [2.45, 2.75) is 91.3 Å². The first-order valence-electron chi connectivity index (χ1n) is 12.0. The van der Waals surface area contributed by atoms with Crippen LogP contribution in [0.5, 0.6) is 0 Å². The standard InChI is InChI=1S/C25H34N6O2/c1-6-19(7-2)27-23-22-24(31(15-26-22)14-20-17(4)30-33-18(20)5)29-21(28-23)10-12-25(32)11-8-9-16(3)13-25/h15-16,19,32H,6-9,11,13-14H2,1-5H3,(H,27,28,29). The second-order valence-corrected chi connectivity index (χ2v) is 9.38. The monoisotopic (exact) mass is 450 g/mol. The molecule has 0 amide bonds. The maximum absolute atomic E-state index is 11.0. The Hall–Kier alpha value is -2.92. The molecule has 3 aromatic heterocycles. The molecule has 2 N–H and O–H groups in total. The Labute approximate surface area is 195 Å². The van der Waals surface area contributed by atoms with Gasteiger partial charge >= 0.3 is 0 Å². The average molecular weight is 451 g/mol. The molecule has 0 bridgehead atoms. The number of fused-ring (bicyclic) bond motifs is 1. The molecule has 1 saturated carbocycles. The molecule has 2 atom stereocenters. The Kier molecular flexibility index (Phi) is 6.71. The number of aromatic nitrogens is 5. The molecule has 176 valence electrons. The third kappa shape index (κ3) is 5.03. The van der Waals surface area contributed by atoms with Crippen molar-refractivity contribution < 1.29 is 9.63 Å². The van der Waals surface area contributed by atoms with Gasteiger partial charge in [-0.05, 0) is 57.8 Å². The second kappa shape index (κ2) is 9.52. The fourth-order valence-corrected chi connectivity index (χ4v) is 4.61. The van der Waals surface area contributed by atoms with Gasteiger partial charge in [0.15, 0.2) is 17.0 Å². The van der Waals surface area contributed by atoms with E-state index in [0.717, 1.165) is 42.7 Å². The maximum Gasteiger partial charge on any atom is 0.209 e. The van der Waals surface area contributed by atoms with Gasteiger partial charge in [0.2, 0.25) is 5.82 Å². The zero-order valence-corrected chi connectivity index (χ0v) is 20.3. The Morgan fingerprint density at radius 3 is 2.76 bits per heavy atom. The predicted octanol–water partition coefficient (Wildman–Crippen LogP) is 4.37. The summed E-state index contributed by atoms with van der Waals surface area (Å²) in [5.41, 5.74) is 2.31. The third-order valence-corrected chi connectivity index (χ3v) is 6.68. The molecular formula is C25H34N6O2. The zero-order valence-electron chi connectivity index (χ0n) is 20.3. The molecule has 0 aliphatic heterocycles. The summed E-state index contributed by atoms with van der Waals surface area (Å²) >= 11 is 0. The second-order valence-electron chi connectivity index (χ2n) is 9.38. The minimum atomic E-state index is -0.976. The molecule has 33 heavy (non-hydrogen) atoms. The van der Waals surface area contributed by atoms with E-state index < -0.39 is 5.60 Å². The first kappa shape index (κ1) is 23.2. The predicted molar refractivity (Wildman–Crippen MR) is 128 cm³/mol. The molecule has 1 aliphatic carbocycles. The molecule has 1 fully saturated rings. The SMILES string of the molecule is CCC(CC)Nc1nc(C#CC2(O)CCCC(C)C2)nc2c1ncn2Cc1c(C)noc1C. The van der Waals surface area contributed by atoms with E-state index in [4.69, 9.17) is 14.5 Å². The van der Waals surface area contributed by atoms with Gasteiger partial charge in [-0.2, -0.15) is 0 Å². The summed E-state index contributed by atoms with van der Waals surface area (Å²) in [6.07, 6.45) is 7.22. The number of rotatable bonds is 6.